The monoisotopic (exact) mass is 850 g/mol. The molecular weight excluding hydrogens is 825 g/mol. The molecule has 0 unspecified atom stereocenters. The van der Waals surface area contributed by atoms with Gasteiger partial charge in [0.25, 0.3) is 0 Å². The van der Waals surface area contributed by atoms with Gasteiger partial charge in [0.1, 0.15) is 20.2 Å². The maximum atomic E-state index is 12.4. The quantitative estimate of drug-likeness (QED) is 0.0761. The number of rotatable bonds is 12. The van der Waals surface area contributed by atoms with Crippen LogP contribution >= 0.6 is 23.2 Å². The van der Waals surface area contributed by atoms with E-state index in [9.17, 15) is 25.9 Å². The fourth-order valence-corrected chi connectivity index (χ4v) is 6.67. The van der Waals surface area contributed by atoms with Crippen molar-refractivity contribution in [1.82, 2.24) is 29.9 Å². The molecule has 0 spiro atoms. The van der Waals surface area contributed by atoms with Crippen molar-refractivity contribution in [2.75, 3.05) is 21.3 Å². The van der Waals surface area contributed by atoms with Gasteiger partial charge in [0.05, 0.1) is 9.79 Å². The second-order valence-electron chi connectivity index (χ2n) is 11.4. The molecule has 22 heteroatoms. The zero-order valence-corrected chi connectivity index (χ0v) is 37.1. The van der Waals surface area contributed by atoms with Gasteiger partial charge in [-0.1, -0.05) is 60.7 Å². The van der Waals surface area contributed by atoms with E-state index in [-0.39, 0.29) is 116 Å². The molecule has 6 aromatic rings. The van der Waals surface area contributed by atoms with E-state index in [1.807, 2.05) is 62.4 Å². The number of benzene rings is 4. The van der Waals surface area contributed by atoms with Gasteiger partial charge >= 0.3 is 59.1 Å². The van der Waals surface area contributed by atoms with Gasteiger partial charge in [-0.05, 0) is 95.7 Å². The Balaban J connectivity index is 0.00000348. The van der Waals surface area contributed by atoms with Crippen LogP contribution in [0.4, 0.5) is 46.5 Å². The molecule has 2 heterocycles. The number of anilines is 8. The first-order valence-electron chi connectivity index (χ1n) is 15.5. The Labute approximate surface area is 376 Å². The van der Waals surface area contributed by atoms with Gasteiger partial charge in [0.2, 0.25) is 34.4 Å². The van der Waals surface area contributed by atoms with Crippen molar-refractivity contribution in [3.63, 3.8) is 0 Å². The summed E-state index contributed by atoms with van der Waals surface area (Å²) in [7, 11) is -10.2. The van der Waals surface area contributed by atoms with Crippen molar-refractivity contribution in [2.24, 2.45) is 0 Å². The Morgan fingerprint density at radius 1 is 0.518 bits per heavy atom. The van der Waals surface area contributed by atoms with Gasteiger partial charge in [0.15, 0.2) is 0 Å². The van der Waals surface area contributed by atoms with Crippen molar-refractivity contribution in [3.05, 3.63) is 118 Å². The van der Waals surface area contributed by atoms with E-state index < -0.39 is 30.0 Å². The van der Waals surface area contributed by atoms with Crippen LogP contribution in [0.2, 0.25) is 10.6 Å². The predicted molar refractivity (Wildman–Crippen MR) is 203 cm³/mol. The Hall–Kier alpha value is -3.76. The Kier molecular flexibility index (Phi) is 15.3. The van der Waals surface area contributed by atoms with Crippen LogP contribution in [0.1, 0.15) is 22.3 Å². The molecule has 0 saturated heterocycles. The van der Waals surface area contributed by atoms with Crippen molar-refractivity contribution in [3.8, 4) is 0 Å². The van der Waals surface area contributed by atoms with Gasteiger partial charge in [-0.15, -0.1) is 0 Å². The van der Waals surface area contributed by atoms with Crippen LogP contribution in [0.5, 0.6) is 0 Å². The van der Waals surface area contributed by atoms with Gasteiger partial charge in [-0.25, -0.2) is 16.8 Å². The van der Waals surface area contributed by atoms with Crippen LogP contribution in [-0.4, -0.2) is 55.8 Å². The third kappa shape index (κ3) is 11.9. The first-order valence-corrected chi connectivity index (χ1v) is 19.1. The van der Waals surface area contributed by atoms with Crippen molar-refractivity contribution in [2.45, 2.75) is 23.6 Å². The standard InChI is InChI=1S/C34H28Cl2N10O6S2.2Na/c1-19-7-3-5-9-25(19)39-33-43-29(35)41-31(45-33)37-23-15-13-21(27(17-23)53(47,48)49)11-12-22-14-16-24(18-28(22)54(50,51)52)38-32-42-30(36)44-34(46-32)40-26-10-6-4-8-20(26)2;;/h3-18H,1-2H3,(H,47,48,49)(H,50,51,52)(H2,37,39,41,43,45)(H2,38,40,42,44,46);;/q;2*+1/p-2. The number of aryl methyl sites for hydroxylation is 2. The number of para-hydroxylation sites is 2. The minimum absolute atomic E-state index is 0. The first kappa shape index (κ1) is 44.9. The summed E-state index contributed by atoms with van der Waals surface area (Å²) in [4.78, 5) is 23.4. The third-order valence-corrected chi connectivity index (χ3v) is 9.64. The van der Waals surface area contributed by atoms with Crippen LogP contribution in [0.3, 0.4) is 0 Å². The molecule has 16 nitrogen and oxygen atoms in total. The minimum atomic E-state index is -5.08. The van der Waals surface area contributed by atoms with E-state index in [0.29, 0.717) is 11.4 Å². The van der Waals surface area contributed by atoms with Crippen LogP contribution in [0.15, 0.2) is 94.7 Å². The summed E-state index contributed by atoms with van der Waals surface area (Å²) >= 11 is 12.2. The third-order valence-electron chi connectivity index (χ3n) is 7.52. The SMILES string of the molecule is Cc1ccccc1Nc1nc(Cl)nc(Nc2ccc(C=Cc3ccc(Nc4nc(Cl)nc(Nc5ccccc5C)n4)cc3S(=O)(=O)[O-])c(S(=O)(=O)[O-])c2)n1.[Na+].[Na+]. The topological polar surface area (TPSA) is 240 Å². The summed E-state index contributed by atoms with van der Waals surface area (Å²) in [6.45, 7) is 3.77. The van der Waals surface area contributed by atoms with E-state index in [4.69, 9.17) is 23.2 Å². The predicted octanol–water partition coefficient (Wildman–Crippen LogP) is 0.941. The molecule has 4 aromatic carbocycles. The summed E-state index contributed by atoms with van der Waals surface area (Å²) < 4.78 is 74.1. The zero-order chi connectivity index (χ0) is 38.6. The van der Waals surface area contributed by atoms with Crippen LogP contribution in [0, 0.1) is 13.8 Å². The van der Waals surface area contributed by atoms with Crippen LogP contribution in [0.25, 0.3) is 12.2 Å². The number of hydrogen-bond donors (Lipinski definition) is 4. The molecule has 0 fully saturated rings. The molecule has 0 atom stereocenters. The Morgan fingerprint density at radius 2 is 0.857 bits per heavy atom. The summed E-state index contributed by atoms with van der Waals surface area (Å²) in [5.74, 6) is 0.0948. The Morgan fingerprint density at radius 3 is 1.20 bits per heavy atom. The molecule has 0 aliphatic rings. The summed E-state index contributed by atoms with van der Waals surface area (Å²) in [6.07, 6.45) is 2.37. The maximum Gasteiger partial charge on any atom is 1.00 e. The van der Waals surface area contributed by atoms with E-state index in [0.717, 1.165) is 23.3 Å². The number of halogens is 2. The average Bonchev–Trinajstić information content (AvgIpc) is 3.09. The molecule has 0 aliphatic carbocycles. The normalized spacial score (nSPS) is 11.3. The van der Waals surface area contributed by atoms with Gasteiger partial charge in [-0.2, -0.15) is 29.9 Å². The molecule has 6 rings (SSSR count). The second-order valence-corrected chi connectivity index (χ2v) is 14.8. The first-order chi connectivity index (χ1) is 25.6. The number of aromatic nitrogens is 6. The molecular formula is C34H26Cl2N10Na2O6S2. The fourth-order valence-electron chi connectivity index (χ4n) is 4.96. The molecule has 4 N–H and O–H groups in total. The molecule has 0 radical (unpaired) electrons. The van der Waals surface area contributed by atoms with E-state index in [1.165, 1.54) is 36.4 Å². The maximum absolute atomic E-state index is 12.4. The average molecular weight is 852 g/mol. The van der Waals surface area contributed by atoms with Crippen molar-refractivity contribution >= 4 is 102 Å². The van der Waals surface area contributed by atoms with E-state index in [1.54, 1.807) is 0 Å². The summed E-state index contributed by atoms with van der Waals surface area (Å²) in [5.41, 5.74) is 3.28. The van der Waals surface area contributed by atoms with Gasteiger partial charge in [0, 0.05) is 22.7 Å². The fraction of sp³-hybridized carbons (Fsp3) is 0.0588. The van der Waals surface area contributed by atoms with Gasteiger partial charge < -0.3 is 30.4 Å². The molecule has 56 heavy (non-hydrogen) atoms. The Bertz CT molecular complexity index is 2480. The summed E-state index contributed by atoms with van der Waals surface area (Å²) in [5, 5.41) is 11.4. The van der Waals surface area contributed by atoms with Crippen LogP contribution < -0.4 is 80.4 Å². The van der Waals surface area contributed by atoms with Crippen molar-refractivity contribution < 1.29 is 85.1 Å². The number of nitrogens with one attached hydrogen (secondary N) is 4. The summed E-state index contributed by atoms with van der Waals surface area (Å²) in [6, 6.07) is 22.3. The van der Waals surface area contributed by atoms with Crippen molar-refractivity contribution in [1.29, 1.82) is 0 Å². The molecule has 2 aromatic heterocycles. The number of hydrogen-bond acceptors (Lipinski definition) is 16. The largest absolute Gasteiger partial charge is 1.00 e. The van der Waals surface area contributed by atoms with E-state index in [2.05, 4.69) is 51.2 Å². The second kappa shape index (κ2) is 19.1. The molecule has 0 amide bonds. The molecule has 0 aliphatic heterocycles. The smallest absolute Gasteiger partial charge is 0.744 e. The molecule has 0 bridgehead atoms. The minimum Gasteiger partial charge on any atom is -0.744 e. The van der Waals surface area contributed by atoms with E-state index >= 15 is 0 Å². The van der Waals surface area contributed by atoms with Gasteiger partial charge in [-0.3, -0.25) is 0 Å². The molecule has 276 valence electrons. The zero-order valence-electron chi connectivity index (χ0n) is 29.9. The number of nitrogens with zero attached hydrogens (tertiary/aromatic N) is 6. The molecule has 0 saturated carbocycles. The van der Waals surface area contributed by atoms with Crippen LogP contribution in [-0.2, 0) is 20.2 Å².